The summed E-state index contributed by atoms with van der Waals surface area (Å²) >= 11 is 5.72. The van der Waals surface area contributed by atoms with Gasteiger partial charge in [-0.1, -0.05) is 17.7 Å². The molecule has 2 fully saturated rings. The van der Waals surface area contributed by atoms with Crippen molar-refractivity contribution in [2.75, 3.05) is 13.1 Å². The molecule has 0 aromatic heterocycles. The number of nitrogens with zero attached hydrogens (tertiary/aromatic N) is 1. The van der Waals surface area contributed by atoms with Crippen LogP contribution in [0.5, 0.6) is 0 Å². The lowest BCUT2D eigenvalue weighted by Gasteiger charge is -2.35. The van der Waals surface area contributed by atoms with Gasteiger partial charge in [0.15, 0.2) is 0 Å². The van der Waals surface area contributed by atoms with Gasteiger partial charge in [0.25, 0.3) is 5.91 Å². The fourth-order valence-electron chi connectivity index (χ4n) is 3.74. The number of carbonyl (C=O) groups is 4. The Balaban J connectivity index is 1.68. The van der Waals surface area contributed by atoms with E-state index in [1.165, 1.54) is 18.2 Å². The van der Waals surface area contributed by atoms with Crippen LogP contribution in [0.2, 0.25) is 5.02 Å². The molecular weight excluding hydrogens is 443 g/mol. The zero-order valence-corrected chi connectivity index (χ0v) is 17.9. The Bertz CT molecular complexity index is 941. The summed E-state index contributed by atoms with van der Waals surface area (Å²) in [5.74, 6) is -3.79. The molecule has 3 rings (SSSR count). The van der Waals surface area contributed by atoms with Crippen LogP contribution in [0.1, 0.15) is 31.2 Å². The van der Waals surface area contributed by atoms with Crippen molar-refractivity contribution in [2.45, 2.75) is 37.8 Å². The average Bonchev–Trinajstić information content (AvgIpc) is 3.16. The van der Waals surface area contributed by atoms with Gasteiger partial charge >= 0.3 is 5.97 Å². The smallest absolute Gasteiger partial charge is 0.326 e. The molecule has 1 aromatic rings. The maximum absolute atomic E-state index is 13.9. The van der Waals surface area contributed by atoms with E-state index in [9.17, 15) is 28.7 Å². The van der Waals surface area contributed by atoms with Crippen molar-refractivity contribution >= 4 is 41.4 Å². The second kappa shape index (κ2) is 10.6. The summed E-state index contributed by atoms with van der Waals surface area (Å²) in [5, 5.41) is 15.9. The van der Waals surface area contributed by atoms with Crippen LogP contribution in [-0.2, 0) is 19.2 Å². The van der Waals surface area contributed by atoms with E-state index in [0.717, 1.165) is 17.2 Å². The van der Waals surface area contributed by atoms with Crippen molar-refractivity contribution < 1.29 is 28.7 Å². The quantitative estimate of drug-likeness (QED) is 0.445. The van der Waals surface area contributed by atoms with Crippen molar-refractivity contribution in [1.29, 1.82) is 0 Å². The number of carbonyl (C=O) groups excluding carboxylic acids is 3. The minimum atomic E-state index is -1.26. The van der Waals surface area contributed by atoms with Crippen LogP contribution >= 0.6 is 11.6 Å². The van der Waals surface area contributed by atoms with E-state index in [-0.39, 0.29) is 22.9 Å². The van der Waals surface area contributed by atoms with Crippen LogP contribution in [0.15, 0.2) is 24.3 Å². The number of rotatable bonds is 7. The summed E-state index contributed by atoms with van der Waals surface area (Å²) in [6.07, 6.45) is 3.79. The third kappa shape index (κ3) is 5.83. The Kier molecular flexibility index (Phi) is 7.81. The van der Waals surface area contributed by atoms with Crippen molar-refractivity contribution in [3.05, 3.63) is 40.7 Å². The average molecular weight is 467 g/mol. The molecule has 0 unspecified atom stereocenters. The molecule has 2 heterocycles. The molecule has 2 aliphatic heterocycles. The molecule has 32 heavy (non-hydrogen) atoms. The number of aliphatic carboxylic acids is 1. The van der Waals surface area contributed by atoms with Gasteiger partial charge in [0.2, 0.25) is 11.8 Å². The topological polar surface area (TPSA) is 128 Å². The van der Waals surface area contributed by atoms with Crippen LogP contribution in [0.3, 0.4) is 0 Å². The number of amides is 3. The van der Waals surface area contributed by atoms with Gasteiger partial charge in [-0.3, -0.25) is 19.4 Å². The van der Waals surface area contributed by atoms with E-state index in [1.807, 2.05) is 0 Å². The van der Waals surface area contributed by atoms with E-state index in [4.69, 9.17) is 11.6 Å². The molecule has 2 aliphatic rings. The number of nitrogens with one attached hydrogen (secondary N) is 3. The first kappa shape index (κ1) is 23.7. The highest BCUT2D eigenvalue weighted by Gasteiger charge is 2.36. The van der Waals surface area contributed by atoms with Crippen molar-refractivity contribution in [1.82, 2.24) is 21.1 Å². The summed E-state index contributed by atoms with van der Waals surface area (Å²) in [7, 11) is 0. The van der Waals surface area contributed by atoms with Crippen LogP contribution in [0.4, 0.5) is 4.39 Å². The van der Waals surface area contributed by atoms with E-state index in [0.29, 0.717) is 32.4 Å². The first-order valence-electron chi connectivity index (χ1n) is 10.3. The molecule has 11 heteroatoms. The number of hydrogen-bond acceptors (Lipinski definition) is 5. The summed E-state index contributed by atoms with van der Waals surface area (Å²) in [6, 6.07) is 1.83. The van der Waals surface area contributed by atoms with Crippen molar-refractivity contribution in [3.63, 3.8) is 0 Å². The fraction of sp³-hybridized carbons (Fsp3) is 0.429. The van der Waals surface area contributed by atoms with E-state index in [2.05, 4.69) is 16.1 Å². The maximum Gasteiger partial charge on any atom is 0.326 e. The third-order valence-corrected chi connectivity index (χ3v) is 5.69. The van der Waals surface area contributed by atoms with Gasteiger partial charge in [-0.05, 0) is 43.9 Å². The summed E-state index contributed by atoms with van der Waals surface area (Å²) in [6.45, 7) is 0.919. The Morgan fingerprint density at radius 2 is 2.09 bits per heavy atom. The van der Waals surface area contributed by atoms with Crippen molar-refractivity contribution in [2.24, 2.45) is 5.92 Å². The lowest BCUT2D eigenvalue weighted by Crippen LogP contribution is -2.60. The predicted molar refractivity (Wildman–Crippen MR) is 114 cm³/mol. The molecule has 4 N–H and O–H groups in total. The first-order chi connectivity index (χ1) is 15.3. The SMILES string of the molecule is O=C1NCC[C@H]1C[C@H](NC(=O)[C@@H]1CCCNN1C(=O)/C=C/c1ccc(Cl)cc1F)C(=O)O. The van der Waals surface area contributed by atoms with Crippen LogP contribution in [0, 0.1) is 11.7 Å². The van der Waals surface area contributed by atoms with E-state index >= 15 is 0 Å². The normalized spacial score (nSPS) is 21.9. The molecule has 1 aromatic carbocycles. The zero-order chi connectivity index (χ0) is 23.3. The molecule has 0 bridgehead atoms. The highest BCUT2D eigenvalue weighted by Crippen LogP contribution is 2.19. The van der Waals surface area contributed by atoms with E-state index < -0.39 is 41.6 Å². The Hall–Kier alpha value is -2.98. The fourth-order valence-corrected chi connectivity index (χ4v) is 3.89. The molecule has 0 saturated carbocycles. The first-order valence-corrected chi connectivity index (χ1v) is 10.6. The Morgan fingerprint density at radius 3 is 2.75 bits per heavy atom. The highest BCUT2D eigenvalue weighted by atomic mass is 35.5. The minimum Gasteiger partial charge on any atom is -0.480 e. The summed E-state index contributed by atoms with van der Waals surface area (Å²) < 4.78 is 13.9. The van der Waals surface area contributed by atoms with Crippen LogP contribution < -0.4 is 16.1 Å². The molecule has 9 nitrogen and oxygen atoms in total. The van der Waals surface area contributed by atoms with Crippen LogP contribution in [0.25, 0.3) is 6.08 Å². The molecule has 0 aliphatic carbocycles. The Morgan fingerprint density at radius 1 is 1.31 bits per heavy atom. The number of hydrazine groups is 1. The molecular formula is C21H24ClFN4O5. The number of carboxylic acid groups (broad SMARTS) is 1. The largest absolute Gasteiger partial charge is 0.480 e. The van der Waals surface area contributed by atoms with Gasteiger partial charge in [0.1, 0.15) is 17.9 Å². The standard InChI is InChI=1S/C21H24ClFN4O5/c22-14-5-3-12(15(23)11-14)4-6-18(28)27-17(2-1-8-25-27)20(30)26-16(21(31)32)10-13-7-9-24-19(13)29/h3-6,11,13,16-17,25H,1-2,7-10H2,(H,24,29)(H,26,30)(H,31,32)/b6-4+/t13-,16-,17-/m0/s1. The van der Waals surface area contributed by atoms with Gasteiger partial charge < -0.3 is 15.7 Å². The monoisotopic (exact) mass is 466 g/mol. The minimum absolute atomic E-state index is 0.0310. The number of carboxylic acids is 1. The van der Waals surface area contributed by atoms with Gasteiger partial charge in [0.05, 0.1) is 0 Å². The molecule has 0 radical (unpaired) electrons. The molecule has 172 valence electrons. The lowest BCUT2D eigenvalue weighted by molar-refractivity contribution is -0.147. The molecule has 2 saturated heterocycles. The maximum atomic E-state index is 13.9. The third-order valence-electron chi connectivity index (χ3n) is 5.45. The lowest BCUT2D eigenvalue weighted by atomic mass is 9.97. The number of benzene rings is 1. The number of hydrogen-bond donors (Lipinski definition) is 4. The van der Waals surface area contributed by atoms with Gasteiger partial charge in [-0.2, -0.15) is 0 Å². The Labute approximate surface area is 188 Å². The molecule has 3 amide bonds. The highest BCUT2D eigenvalue weighted by molar-refractivity contribution is 6.30. The second-order valence-corrected chi connectivity index (χ2v) is 8.12. The predicted octanol–water partition coefficient (Wildman–Crippen LogP) is 1.08. The summed E-state index contributed by atoms with van der Waals surface area (Å²) in [5.41, 5.74) is 2.99. The van der Waals surface area contributed by atoms with Gasteiger partial charge in [-0.15, -0.1) is 0 Å². The van der Waals surface area contributed by atoms with Gasteiger partial charge in [0, 0.05) is 35.7 Å². The van der Waals surface area contributed by atoms with E-state index in [1.54, 1.807) is 0 Å². The second-order valence-electron chi connectivity index (χ2n) is 7.69. The zero-order valence-electron chi connectivity index (χ0n) is 17.1. The summed E-state index contributed by atoms with van der Waals surface area (Å²) in [4.78, 5) is 48.9. The van der Waals surface area contributed by atoms with Crippen molar-refractivity contribution in [3.8, 4) is 0 Å². The van der Waals surface area contributed by atoms with Gasteiger partial charge in [-0.25, -0.2) is 14.6 Å². The molecule has 0 spiro atoms. The number of halogens is 2. The van der Waals surface area contributed by atoms with Crippen LogP contribution in [-0.4, -0.2) is 59.0 Å². The molecule has 3 atom stereocenters.